The molecule has 0 saturated carbocycles. The normalized spacial score (nSPS) is 19.4. The Morgan fingerprint density at radius 1 is 1.38 bits per heavy atom. The molecule has 1 atom stereocenters. The Bertz CT molecular complexity index is 725. The third-order valence-electron chi connectivity index (χ3n) is 3.41. The molecule has 1 aliphatic heterocycles. The maximum Gasteiger partial charge on any atom is 0.242 e. The zero-order chi connectivity index (χ0) is 14.2. The average Bonchev–Trinajstić information content (AvgIpc) is 2.83. The lowest BCUT2D eigenvalue weighted by Gasteiger charge is -2.23. The lowest BCUT2D eigenvalue weighted by atomic mass is 10.1. The highest BCUT2D eigenvalue weighted by Gasteiger charge is 2.24. The van der Waals surface area contributed by atoms with Gasteiger partial charge >= 0.3 is 0 Å². The van der Waals surface area contributed by atoms with E-state index in [9.17, 15) is 8.42 Å². The molecule has 8 heteroatoms. The summed E-state index contributed by atoms with van der Waals surface area (Å²) in [5, 5.41) is 6.12. The van der Waals surface area contributed by atoms with Crippen LogP contribution in [-0.2, 0) is 10.0 Å². The fourth-order valence-corrected chi connectivity index (χ4v) is 5.34. The third-order valence-corrected chi connectivity index (χ3v) is 6.32. The summed E-state index contributed by atoms with van der Waals surface area (Å²) in [5.74, 6) is 0. The van der Waals surface area contributed by atoms with Crippen LogP contribution in [0.1, 0.15) is 12.8 Å². The molecule has 3 rings (SSSR count). The molecule has 21 heavy (non-hydrogen) atoms. The van der Waals surface area contributed by atoms with E-state index in [4.69, 9.17) is 11.6 Å². The van der Waals surface area contributed by atoms with Crippen LogP contribution in [0, 0.1) is 0 Å². The molecule has 1 fully saturated rings. The van der Waals surface area contributed by atoms with Crippen molar-refractivity contribution in [2.75, 3.05) is 13.1 Å². The summed E-state index contributed by atoms with van der Waals surface area (Å²) in [6.45, 7) is 1.64. The summed E-state index contributed by atoms with van der Waals surface area (Å²) >= 11 is 7.39. The predicted molar refractivity (Wildman–Crippen MR) is 90.3 cm³/mol. The summed E-state index contributed by atoms with van der Waals surface area (Å²) in [5.41, 5.74) is 0. The van der Waals surface area contributed by atoms with Gasteiger partial charge in [0.2, 0.25) is 10.0 Å². The average molecular weight is 367 g/mol. The minimum atomic E-state index is -3.50. The van der Waals surface area contributed by atoms with Gasteiger partial charge in [-0.15, -0.1) is 23.7 Å². The Morgan fingerprint density at radius 2 is 2.19 bits per heavy atom. The van der Waals surface area contributed by atoms with Gasteiger partial charge in [0, 0.05) is 33.1 Å². The maximum atomic E-state index is 12.5. The van der Waals surface area contributed by atoms with Gasteiger partial charge in [0.1, 0.15) is 4.90 Å². The highest BCUT2D eigenvalue weighted by Crippen LogP contribution is 2.31. The minimum absolute atomic E-state index is 0. The van der Waals surface area contributed by atoms with Crippen molar-refractivity contribution in [3.05, 3.63) is 28.6 Å². The smallest absolute Gasteiger partial charge is 0.242 e. The molecule has 0 bridgehead atoms. The molecule has 2 N–H and O–H groups in total. The molecule has 1 saturated heterocycles. The second kappa shape index (κ2) is 6.81. The molecule has 2 heterocycles. The molecule has 1 aromatic heterocycles. The quantitative estimate of drug-likeness (QED) is 0.877. The number of rotatable bonds is 3. The molecule has 1 aliphatic rings. The first kappa shape index (κ1) is 17.0. The molecule has 0 aliphatic carbocycles. The molecule has 0 amide bonds. The first-order valence-electron chi connectivity index (χ1n) is 6.46. The van der Waals surface area contributed by atoms with Crippen LogP contribution in [0.25, 0.3) is 10.1 Å². The zero-order valence-electron chi connectivity index (χ0n) is 11.1. The Balaban J connectivity index is 0.00000161. The number of benzene rings is 1. The van der Waals surface area contributed by atoms with Crippen molar-refractivity contribution in [1.29, 1.82) is 0 Å². The molecular formula is C13H16Cl2N2O2S2. The molecule has 0 spiro atoms. The molecular weight excluding hydrogens is 351 g/mol. The van der Waals surface area contributed by atoms with Crippen molar-refractivity contribution >= 4 is 55.5 Å². The van der Waals surface area contributed by atoms with Crippen LogP contribution in [0.2, 0.25) is 5.02 Å². The van der Waals surface area contributed by atoms with E-state index >= 15 is 0 Å². The number of hydrogen-bond donors (Lipinski definition) is 2. The van der Waals surface area contributed by atoms with Gasteiger partial charge in [-0.2, -0.15) is 0 Å². The third kappa shape index (κ3) is 3.70. The minimum Gasteiger partial charge on any atom is -0.315 e. The van der Waals surface area contributed by atoms with E-state index in [0.29, 0.717) is 21.8 Å². The fourth-order valence-electron chi connectivity index (χ4n) is 2.42. The van der Waals surface area contributed by atoms with Crippen molar-refractivity contribution < 1.29 is 8.42 Å². The number of piperidine rings is 1. The van der Waals surface area contributed by atoms with Crippen LogP contribution in [0.4, 0.5) is 0 Å². The lowest BCUT2D eigenvalue weighted by Crippen LogP contribution is -2.45. The van der Waals surface area contributed by atoms with Crippen LogP contribution in [0.5, 0.6) is 0 Å². The van der Waals surface area contributed by atoms with E-state index in [1.165, 1.54) is 11.3 Å². The fraction of sp³-hybridized carbons (Fsp3) is 0.385. The molecule has 116 valence electrons. The number of halogens is 2. The van der Waals surface area contributed by atoms with E-state index in [1.807, 2.05) is 6.07 Å². The molecule has 1 unspecified atom stereocenters. The van der Waals surface area contributed by atoms with Crippen molar-refractivity contribution in [3.63, 3.8) is 0 Å². The van der Waals surface area contributed by atoms with Gasteiger partial charge in [0.25, 0.3) is 0 Å². The summed E-state index contributed by atoms with van der Waals surface area (Å²) in [6, 6.07) is 5.29. The van der Waals surface area contributed by atoms with Gasteiger partial charge < -0.3 is 5.32 Å². The summed E-state index contributed by atoms with van der Waals surface area (Å²) < 4.78 is 28.7. The Kier molecular flexibility index (Phi) is 5.51. The van der Waals surface area contributed by atoms with Crippen LogP contribution < -0.4 is 10.0 Å². The van der Waals surface area contributed by atoms with Gasteiger partial charge in [-0.05, 0) is 37.6 Å². The number of nitrogens with one attached hydrogen (secondary N) is 2. The number of sulfonamides is 1. The largest absolute Gasteiger partial charge is 0.315 e. The highest BCUT2D eigenvalue weighted by molar-refractivity contribution is 7.90. The van der Waals surface area contributed by atoms with Crippen molar-refractivity contribution in [1.82, 2.24) is 10.0 Å². The van der Waals surface area contributed by atoms with Crippen LogP contribution in [0.15, 0.2) is 28.5 Å². The Hall–Kier alpha value is -0.370. The van der Waals surface area contributed by atoms with Crippen molar-refractivity contribution in [2.45, 2.75) is 23.8 Å². The first-order valence-corrected chi connectivity index (χ1v) is 9.20. The summed E-state index contributed by atoms with van der Waals surface area (Å²) in [4.78, 5) is 0.325. The first-order chi connectivity index (χ1) is 9.56. The second-order valence-corrected chi connectivity index (χ2v) is 7.94. The predicted octanol–water partition coefficient (Wildman–Crippen LogP) is 3.01. The highest BCUT2D eigenvalue weighted by atomic mass is 35.5. The van der Waals surface area contributed by atoms with E-state index in [0.717, 1.165) is 24.1 Å². The number of fused-ring (bicyclic) bond motifs is 1. The second-order valence-electron chi connectivity index (χ2n) is 4.90. The lowest BCUT2D eigenvalue weighted by molar-refractivity contribution is 0.429. The number of thiophene rings is 1. The zero-order valence-corrected chi connectivity index (χ0v) is 14.3. The maximum absolute atomic E-state index is 12.5. The van der Waals surface area contributed by atoms with Crippen LogP contribution in [0.3, 0.4) is 0 Å². The molecule has 2 aromatic rings. The van der Waals surface area contributed by atoms with Gasteiger partial charge in [-0.25, -0.2) is 13.1 Å². The van der Waals surface area contributed by atoms with Gasteiger partial charge in [-0.1, -0.05) is 11.6 Å². The topological polar surface area (TPSA) is 58.2 Å². The van der Waals surface area contributed by atoms with E-state index < -0.39 is 10.0 Å². The van der Waals surface area contributed by atoms with Crippen LogP contribution in [-0.4, -0.2) is 27.5 Å². The Morgan fingerprint density at radius 3 is 2.90 bits per heavy atom. The van der Waals surface area contributed by atoms with Crippen LogP contribution >= 0.6 is 35.3 Å². The van der Waals surface area contributed by atoms with Gasteiger partial charge in [0.05, 0.1) is 0 Å². The summed E-state index contributed by atoms with van der Waals surface area (Å²) in [6.07, 6.45) is 1.86. The summed E-state index contributed by atoms with van der Waals surface area (Å²) in [7, 11) is -3.50. The Labute approximate surface area is 139 Å². The molecule has 1 aromatic carbocycles. The monoisotopic (exact) mass is 366 g/mol. The SMILES string of the molecule is Cl.O=S(=O)(NC1CCCNC1)c1csc2ccc(Cl)cc12. The van der Waals surface area contributed by atoms with Crippen molar-refractivity contribution in [3.8, 4) is 0 Å². The molecule has 4 nitrogen and oxygen atoms in total. The van der Waals surface area contributed by atoms with Gasteiger partial charge in [-0.3, -0.25) is 0 Å². The van der Waals surface area contributed by atoms with E-state index in [-0.39, 0.29) is 18.4 Å². The van der Waals surface area contributed by atoms with Gasteiger partial charge in [0.15, 0.2) is 0 Å². The standard InChI is InChI=1S/C13H15ClN2O2S2.ClH/c14-9-3-4-12-11(6-9)13(8-19-12)20(17,18)16-10-2-1-5-15-7-10;/h3-4,6,8,10,15-16H,1-2,5,7H2;1H. The number of hydrogen-bond acceptors (Lipinski definition) is 4. The van der Waals surface area contributed by atoms with E-state index in [1.54, 1.807) is 17.5 Å². The van der Waals surface area contributed by atoms with Crippen molar-refractivity contribution in [2.24, 2.45) is 0 Å². The van der Waals surface area contributed by atoms with E-state index in [2.05, 4.69) is 10.0 Å². The molecule has 0 radical (unpaired) electrons.